The number of hydrogen-bond donors (Lipinski definition) is 0. The molecule has 4 heterocycles. The van der Waals surface area contributed by atoms with Gasteiger partial charge in [-0.25, -0.2) is 4.98 Å². The molecule has 0 aliphatic carbocycles. The smallest absolute Gasteiger partial charge is 0.135 e. The van der Waals surface area contributed by atoms with Gasteiger partial charge in [-0.2, -0.15) is 18.8 Å². The molecular formula is C34H25N4OPt-3. The van der Waals surface area contributed by atoms with Crippen molar-refractivity contribution in [3.8, 4) is 17.3 Å². The van der Waals surface area contributed by atoms with Crippen LogP contribution in [0.5, 0.6) is 11.5 Å². The van der Waals surface area contributed by atoms with Crippen LogP contribution in [0.15, 0.2) is 91.1 Å². The Morgan fingerprint density at radius 3 is 2.45 bits per heavy atom. The number of nitrogens with zero attached hydrogens (tertiary/aromatic N) is 4. The molecule has 2 aromatic heterocycles. The Hall–Kier alpha value is -4.08. The van der Waals surface area contributed by atoms with Crippen LogP contribution in [-0.4, -0.2) is 16.6 Å². The molecule has 4 aromatic carbocycles. The Balaban J connectivity index is 0.00000264. The minimum atomic E-state index is -0.153. The number of fused-ring (bicyclic) bond motifs is 5. The molecule has 0 amide bonds. The molecule has 0 bridgehead atoms. The number of aromatic nitrogens is 2. The van der Waals surface area contributed by atoms with Crippen molar-refractivity contribution in [3.63, 3.8) is 0 Å². The first-order chi connectivity index (χ1) is 19.0. The molecule has 0 N–H and O–H groups in total. The molecule has 0 radical (unpaired) electrons. The molecule has 0 saturated heterocycles. The summed E-state index contributed by atoms with van der Waals surface area (Å²) in [7, 11) is 2.09. The van der Waals surface area contributed by atoms with Crippen molar-refractivity contribution in [3.05, 3.63) is 121 Å². The molecule has 0 atom stereocenters. The average Bonchev–Trinajstić information content (AvgIpc) is 3.47. The van der Waals surface area contributed by atoms with Gasteiger partial charge in [-0.05, 0) is 47.7 Å². The van der Waals surface area contributed by atoms with Crippen LogP contribution < -0.4 is 14.5 Å². The second-order valence-electron chi connectivity index (χ2n) is 10.7. The van der Waals surface area contributed by atoms with E-state index in [0.717, 1.165) is 33.3 Å². The molecule has 200 valence electrons. The largest absolute Gasteiger partial charge is 0.509 e. The van der Waals surface area contributed by atoms with Crippen LogP contribution in [0.2, 0.25) is 0 Å². The van der Waals surface area contributed by atoms with Crippen molar-refractivity contribution in [2.24, 2.45) is 0 Å². The maximum absolute atomic E-state index is 6.43. The minimum Gasteiger partial charge on any atom is -0.509 e. The minimum absolute atomic E-state index is 0. The molecule has 0 saturated carbocycles. The number of ether oxygens (including phenoxy) is 1. The zero-order valence-electron chi connectivity index (χ0n) is 22.3. The topological polar surface area (TPSA) is 33.5 Å². The zero-order chi connectivity index (χ0) is 26.3. The van der Waals surface area contributed by atoms with Crippen molar-refractivity contribution in [1.29, 1.82) is 0 Å². The molecule has 6 heteroatoms. The molecular weight excluding hydrogens is 675 g/mol. The van der Waals surface area contributed by atoms with Crippen molar-refractivity contribution in [2.45, 2.75) is 19.3 Å². The first-order valence-corrected chi connectivity index (χ1v) is 13.1. The summed E-state index contributed by atoms with van der Waals surface area (Å²) >= 11 is 0. The summed E-state index contributed by atoms with van der Waals surface area (Å²) < 4.78 is 8.58. The average molecular weight is 701 g/mol. The number of hydrogen-bond acceptors (Lipinski definition) is 4. The summed E-state index contributed by atoms with van der Waals surface area (Å²) in [5.41, 5.74) is 7.85. The third-order valence-corrected chi connectivity index (χ3v) is 8.07. The van der Waals surface area contributed by atoms with Crippen LogP contribution in [-0.2, 0) is 26.5 Å². The van der Waals surface area contributed by atoms with Crippen LogP contribution in [0.25, 0.3) is 27.6 Å². The van der Waals surface area contributed by atoms with E-state index in [0.29, 0.717) is 11.5 Å². The van der Waals surface area contributed by atoms with Crippen LogP contribution in [0.3, 0.4) is 0 Å². The van der Waals surface area contributed by atoms with Gasteiger partial charge in [-0.15, -0.1) is 35.2 Å². The van der Waals surface area contributed by atoms with Gasteiger partial charge in [-0.1, -0.05) is 61.4 Å². The summed E-state index contributed by atoms with van der Waals surface area (Å²) in [6.07, 6.45) is 1.82. The maximum Gasteiger partial charge on any atom is 0.135 e. The second-order valence-corrected chi connectivity index (χ2v) is 10.7. The van der Waals surface area contributed by atoms with Gasteiger partial charge in [-0.3, -0.25) is 0 Å². The summed E-state index contributed by atoms with van der Waals surface area (Å²) in [5, 5.41) is 2.27. The fourth-order valence-electron chi connectivity index (χ4n) is 6.17. The Kier molecular flexibility index (Phi) is 5.59. The standard InChI is InChI=1S/C34H25N4O.Pt/c1-34(2)26-17-15-23(20-31(26)37-21-36(3)29-12-8-10-27(34)33(29)37)39-22-14-16-25-24-9-4-5-11-28(24)38(30(25)19-22)32-13-6-7-18-35-32;/h4-18,21H,1-3H3;/q-3;. The maximum atomic E-state index is 6.43. The van der Waals surface area contributed by atoms with Crippen molar-refractivity contribution >= 4 is 38.9 Å². The zero-order valence-corrected chi connectivity index (χ0v) is 24.5. The van der Waals surface area contributed by atoms with Crippen LogP contribution in [0.1, 0.15) is 25.0 Å². The van der Waals surface area contributed by atoms with E-state index in [9.17, 15) is 0 Å². The Bertz CT molecular complexity index is 1930. The molecule has 0 fully saturated rings. The number of benzene rings is 4. The molecule has 2 aliphatic rings. The van der Waals surface area contributed by atoms with Crippen molar-refractivity contribution < 1.29 is 25.8 Å². The van der Waals surface area contributed by atoms with E-state index in [2.05, 4.69) is 114 Å². The van der Waals surface area contributed by atoms with Gasteiger partial charge in [0.2, 0.25) is 0 Å². The van der Waals surface area contributed by atoms with Crippen LogP contribution in [0.4, 0.5) is 17.1 Å². The molecule has 0 spiro atoms. The third kappa shape index (κ3) is 3.47. The third-order valence-electron chi connectivity index (χ3n) is 8.07. The molecule has 0 unspecified atom stereocenters. The SMILES string of the molecule is CN1[CH-]N2c3[c-]c(Oc4[c-]c5c(cc4)c4ccccc4n5-c4ccccn4)ccc3C(C)(C)c3cccc1c32.[Pt]. The molecule has 6 aromatic rings. The van der Waals surface area contributed by atoms with Gasteiger partial charge >= 0.3 is 0 Å². The van der Waals surface area contributed by atoms with Crippen LogP contribution >= 0.6 is 0 Å². The summed E-state index contributed by atoms with van der Waals surface area (Å²) in [6, 6.07) is 36.3. The first-order valence-electron chi connectivity index (χ1n) is 13.1. The number of rotatable bonds is 3. The van der Waals surface area contributed by atoms with E-state index in [1.165, 1.54) is 22.5 Å². The van der Waals surface area contributed by atoms with Crippen molar-refractivity contribution in [1.82, 2.24) is 9.55 Å². The summed E-state index contributed by atoms with van der Waals surface area (Å²) in [6.45, 7) is 6.69. The van der Waals surface area contributed by atoms with Gasteiger partial charge in [0.05, 0.1) is 0 Å². The first kappa shape index (κ1) is 24.9. The van der Waals surface area contributed by atoms with E-state index in [-0.39, 0.29) is 26.5 Å². The van der Waals surface area contributed by atoms with Gasteiger partial charge in [0.25, 0.3) is 0 Å². The number of para-hydroxylation sites is 2. The van der Waals surface area contributed by atoms with E-state index in [1.807, 2.05) is 36.5 Å². The van der Waals surface area contributed by atoms with Gasteiger partial charge < -0.3 is 19.1 Å². The van der Waals surface area contributed by atoms with Crippen LogP contribution in [0, 0.1) is 18.8 Å². The van der Waals surface area contributed by atoms with Crippen molar-refractivity contribution in [2.75, 3.05) is 16.8 Å². The monoisotopic (exact) mass is 700 g/mol. The number of pyridine rings is 1. The molecule has 40 heavy (non-hydrogen) atoms. The summed E-state index contributed by atoms with van der Waals surface area (Å²) in [4.78, 5) is 9.04. The Morgan fingerprint density at radius 1 is 0.800 bits per heavy atom. The van der Waals surface area contributed by atoms with E-state index < -0.39 is 0 Å². The Labute approximate surface area is 247 Å². The second kappa shape index (κ2) is 8.97. The quantitative estimate of drug-likeness (QED) is 0.176. The van der Waals surface area contributed by atoms with E-state index >= 15 is 0 Å². The molecule has 2 aliphatic heterocycles. The fourth-order valence-corrected chi connectivity index (χ4v) is 6.17. The molecule has 8 rings (SSSR count). The van der Waals surface area contributed by atoms with E-state index in [4.69, 9.17) is 4.74 Å². The van der Waals surface area contributed by atoms with E-state index in [1.54, 1.807) is 0 Å². The normalized spacial score (nSPS) is 14.7. The van der Waals surface area contributed by atoms with Gasteiger partial charge in [0.15, 0.2) is 0 Å². The predicted molar refractivity (Wildman–Crippen MR) is 156 cm³/mol. The predicted octanol–water partition coefficient (Wildman–Crippen LogP) is 7.92. The molecule has 5 nitrogen and oxygen atoms in total. The fraction of sp³-hybridized carbons (Fsp3) is 0.118. The summed E-state index contributed by atoms with van der Waals surface area (Å²) in [5.74, 6) is 2.14. The Morgan fingerprint density at radius 2 is 1.60 bits per heavy atom. The van der Waals surface area contributed by atoms with Gasteiger partial charge in [0, 0.05) is 55.7 Å². The number of anilines is 3. The van der Waals surface area contributed by atoms with Gasteiger partial charge in [0.1, 0.15) is 5.82 Å².